The summed E-state index contributed by atoms with van der Waals surface area (Å²) >= 11 is 0. The molecule has 0 aliphatic carbocycles. The van der Waals surface area contributed by atoms with E-state index in [9.17, 15) is 4.79 Å². The van der Waals surface area contributed by atoms with E-state index in [2.05, 4.69) is 29.4 Å². The monoisotopic (exact) mass is 308 g/mol. The van der Waals surface area contributed by atoms with Gasteiger partial charge < -0.3 is 10.0 Å². The van der Waals surface area contributed by atoms with Crippen LogP contribution in [0.2, 0.25) is 0 Å². The second-order valence-corrected chi connectivity index (χ2v) is 6.90. The Morgan fingerprint density at radius 1 is 1.41 bits per heavy atom. The van der Waals surface area contributed by atoms with E-state index >= 15 is 0 Å². The van der Waals surface area contributed by atoms with Crippen molar-refractivity contribution in [2.24, 2.45) is 5.92 Å². The zero-order valence-electron chi connectivity index (χ0n) is 14.0. The summed E-state index contributed by atoms with van der Waals surface area (Å²) in [5, 5.41) is 12.7. The van der Waals surface area contributed by atoms with Crippen LogP contribution in [0.15, 0.2) is 12.3 Å². The normalized spacial score (nSPS) is 26.3. The van der Waals surface area contributed by atoms with E-state index in [0.717, 1.165) is 25.8 Å². The lowest BCUT2D eigenvalue weighted by Crippen LogP contribution is -2.60. The Labute approximate surface area is 135 Å². The lowest BCUT2D eigenvalue weighted by Gasteiger charge is -2.47. The summed E-state index contributed by atoms with van der Waals surface area (Å²) in [6.07, 6.45) is 15.4. The van der Waals surface area contributed by atoms with Crippen molar-refractivity contribution in [3.05, 3.63) is 12.3 Å². The Hall–Kier alpha value is -1.03. The van der Waals surface area contributed by atoms with Crippen LogP contribution in [0, 0.1) is 5.92 Å². The first kappa shape index (κ1) is 17.3. The van der Waals surface area contributed by atoms with Crippen molar-refractivity contribution in [3.63, 3.8) is 0 Å². The van der Waals surface area contributed by atoms with Crippen LogP contribution in [-0.4, -0.2) is 34.7 Å². The van der Waals surface area contributed by atoms with Gasteiger partial charge in [0.1, 0.15) is 0 Å². The Kier molecular flexibility index (Phi) is 6.74. The summed E-state index contributed by atoms with van der Waals surface area (Å²) in [5.41, 5.74) is 0.166. The fourth-order valence-corrected chi connectivity index (χ4v) is 3.95. The van der Waals surface area contributed by atoms with Gasteiger partial charge in [-0.1, -0.05) is 25.8 Å². The standard InChI is InChI=1S/C18H32N2O2/c1-2-16(15-17(21)22)9-4-6-11-18-10-5-3-7-13-20(18)14-8-12-19-18/h7,13,16,19H,2-6,8-12,14-15H2,1H3,(H,21,22). The van der Waals surface area contributed by atoms with Gasteiger partial charge in [-0.2, -0.15) is 0 Å². The summed E-state index contributed by atoms with van der Waals surface area (Å²) in [6.45, 7) is 4.40. The van der Waals surface area contributed by atoms with Gasteiger partial charge >= 0.3 is 5.97 Å². The number of hydrogen-bond donors (Lipinski definition) is 2. The van der Waals surface area contributed by atoms with E-state index in [1.165, 1.54) is 45.1 Å². The maximum atomic E-state index is 10.8. The molecule has 2 N–H and O–H groups in total. The van der Waals surface area contributed by atoms with Gasteiger partial charge in [-0.25, -0.2) is 0 Å². The van der Waals surface area contributed by atoms with Gasteiger partial charge in [0.25, 0.3) is 0 Å². The minimum Gasteiger partial charge on any atom is -0.481 e. The number of unbranched alkanes of at least 4 members (excludes halogenated alkanes) is 1. The second kappa shape index (κ2) is 8.56. The minimum absolute atomic E-state index is 0.166. The number of fused-ring (bicyclic) bond motifs is 1. The third-order valence-corrected chi connectivity index (χ3v) is 5.32. The Bertz CT molecular complexity index is 383. The first-order valence-electron chi connectivity index (χ1n) is 9.06. The van der Waals surface area contributed by atoms with Crippen molar-refractivity contribution in [2.45, 2.75) is 76.8 Å². The predicted octanol–water partition coefficient (Wildman–Crippen LogP) is 3.74. The van der Waals surface area contributed by atoms with Crippen LogP contribution in [0.5, 0.6) is 0 Å². The van der Waals surface area contributed by atoms with Gasteiger partial charge in [0.15, 0.2) is 0 Å². The van der Waals surface area contributed by atoms with Gasteiger partial charge in [-0.3, -0.25) is 10.1 Å². The van der Waals surface area contributed by atoms with E-state index in [0.29, 0.717) is 12.3 Å². The maximum absolute atomic E-state index is 10.8. The SMILES string of the molecule is CCC(CCCCC12CCCC=CN1CCCN2)CC(=O)O. The number of carboxylic acids is 1. The van der Waals surface area contributed by atoms with Crippen LogP contribution < -0.4 is 5.32 Å². The average molecular weight is 308 g/mol. The molecule has 0 radical (unpaired) electrons. The van der Waals surface area contributed by atoms with Crippen LogP contribution in [0.3, 0.4) is 0 Å². The van der Waals surface area contributed by atoms with Crippen molar-refractivity contribution < 1.29 is 9.90 Å². The van der Waals surface area contributed by atoms with Crippen LogP contribution in [0.4, 0.5) is 0 Å². The number of nitrogens with one attached hydrogen (secondary N) is 1. The highest BCUT2D eigenvalue weighted by Crippen LogP contribution is 2.32. The van der Waals surface area contributed by atoms with Crippen molar-refractivity contribution in [2.75, 3.05) is 13.1 Å². The number of carbonyl (C=O) groups is 1. The summed E-state index contributed by atoms with van der Waals surface area (Å²) < 4.78 is 0. The fourth-order valence-electron chi connectivity index (χ4n) is 3.95. The third-order valence-electron chi connectivity index (χ3n) is 5.32. The predicted molar refractivity (Wildman–Crippen MR) is 89.5 cm³/mol. The first-order valence-corrected chi connectivity index (χ1v) is 9.06. The van der Waals surface area contributed by atoms with Crippen LogP contribution in [0.1, 0.15) is 71.1 Å². The van der Waals surface area contributed by atoms with E-state index in [1.54, 1.807) is 0 Å². The number of rotatable bonds is 8. The van der Waals surface area contributed by atoms with Crippen LogP contribution in [-0.2, 0) is 4.79 Å². The molecule has 4 nitrogen and oxygen atoms in total. The average Bonchev–Trinajstić information content (AvgIpc) is 2.72. The highest BCUT2D eigenvalue weighted by Gasteiger charge is 2.36. The van der Waals surface area contributed by atoms with Gasteiger partial charge in [0.2, 0.25) is 0 Å². The molecule has 4 heteroatoms. The Balaban J connectivity index is 1.80. The molecule has 0 saturated carbocycles. The Morgan fingerprint density at radius 2 is 2.27 bits per heavy atom. The zero-order valence-corrected chi connectivity index (χ0v) is 14.0. The van der Waals surface area contributed by atoms with Gasteiger partial charge in [-0.15, -0.1) is 0 Å². The smallest absolute Gasteiger partial charge is 0.303 e. The largest absolute Gasteiger partial charge is 0.481 e. The summed E-state index contributed by atoms with van der Waals surface area (Å²) in [5.74, 6) is -0.307. The van der Waals surface area contributed by atoms with Gasteiger partial charge in [0.05, 0.1) is 5.66 Å². The van der Waals surface area contributed by atoms with E-state index < -0.39 is 5.97 Å². The summed E-state index contributed by atoms with van der Waals surface area (Å²) in [4.78, 5) is 13.4. The molecule has 0 bridgehead atoms. The topological polar surface area (TPSA) is 52.6 Å². The van der Waals surface area contributed by atoms with Crippen molar-refractivity contribution in [1.29, 1.82) is 0 Å². The molecule has 2 heterocycles. The molecule has 0 aromatic rings. The molecule has 1 fully saturated rings. The van der Waals surface area contributed by atoms with Crippen molar-refractivity contribution in [1.82, 2.24) is 10.2 Å². The lowest BCUT2D eigenvalue weighted by molar-refractivity contribution is -0.138. The van der Waals surface area contributed by atoms with Gasteiger partial charge in [0, 0.05) is 13.0 Å². The highest BCUT2D eigenvalue weighted by molar-refractivity contribution is 5.66. The van der Waals surface area contributed by atoms with E-state index in [-0.39, 0.29) is 5.66 Å². The van der Waals surface area contributed by atoms with Crippen LogP contribution in [0.25, 0.3) is 0 Å². The molecule has 0 amide bonds. The molecule has 0 spiro atoms. The molecule has 2 unspecified atom stereocenters. The molecule has 2 atom stereocenters. The molecule has 1 saturated heterocycles. The molecule has 0 aromatic carbocycles. The zero-order chi connectivity index (χ0) is 15.8. The molecular weight excluding hydrogens is 276 g/mol. The molecule has 22 heavy (non-hydrogen) atoms. The van der Waals surface area contributed by atoms with Crippen molar-refractivity contribution in [3.8, 4) is 0 Å². The Morgan fingerprint density at radius 3 is 3.05 bits per heavy atom. The minimum atomic E-state index is -0.653. The molecule has 2 rings (SSSR count). The van der Waals surface area contributed by atoms with Gasteiger partial charge in [-0.05, 0) is 63.6 Å². The number of aliphatic carboxylic acids is 1. The number of hydrogen-bond acceptors (Lipinski definition) is 3. The van der Waals surface area contributed by atoms with Crippen molar-refractivity contribution >= 4 is 5.97 Å². The third kappa shape index (κ3) is 4.73. The fraction of sp³-hybridized carbons (Fsp3) is 0.833. The highest BCUT2D eigenvalue weighted by atomic mass is 16.4. The van der Waals surface area contributed by atoms with Crippen LogP contribution >= 0.6 is 0 Å². The quantitative estimate of drug-likeness (QED) is 0.671. The maximum Gasteiger partial charge on any atom is 0.303 e. The molecule has 2 aliphatic heterocycles. The lowest BCUT2D eigenvalue weighted by atomic mass is 9.90. The summed E-state index contributed by atoms with van der Waals surface area (Å²) in [7, 11) is 0. The molecule has 0 aromatic heterocycles. The molecule has 2 aliphatic rings. The van der Waals surface area contributed by atoms with E-state index in [4.69, 9.17) is 5.11 Å². The summed E-state index contributed by atoms with van der Waals surface area (Å²) in [6, 6.07) is 0. The molecule has 126 valence electrons. The second-order valence-electron chi connectivity index (χ2n) is 6.90. The number of carboxylic acid groups (broad SMARTS) is 1. The number of allylic oxidation sites excluding steroid dienone is 1. The van der Waals surface area contributed by atoms with E-state index in [1.807, 2.05) is 0 Å². The molecular formula is C18H32N2O2. The number of nitrogens with zero attached hydrogens (tertiary/aromatic N) is 1. The first-order chi connectivity index (χ1) is 10.7.